The summed E-state index contributed by atoms with van der Waals surface area (Å²) in [4.78, 5) is 4.61. The molecule has 0 N–H and O–H groups in total. The zero-order valence-corrected chi connectivity index (χ0v) is 8.20. The molecule has 0 bridgehead atoms. The van der Waals surface area contributed by atoms with Gasteiger partial charge in [-0.3, -0.25) is 0 Å². The summed E-state index contributed by atoms with van der Waals surface area (Å²) < 4.78 is -0.0595. The summed E-state index contributed by atoms with van der Waals surface area (Å²) in [5.74, 6) is 0. The van der Waals surface area contributed by atoms with Crippen LogP contribution >= 0.6 is 31.9 Å². The minimum atomic E-state index is -0.0595. The van der Waals surface area contributed by atoms with Crippen LogP contribution in [-0.2, 0) is 4.84 Å². The van der Waals surface area contributed by atoms with E-state index in [4.69, 9.17) is 0 Å². The van der Waals surface area contributed by atoms with Gasteiger partial charge in [-0.25, -0.2) is 0 Å². The van der Waals surface area contributed by atoms with Crippen LogP contribution in [0, 0.1) is 0 Å². The van der Waals surface area contributed by atoms with Crippen molar-refractivity contribution in [2.75, 3.05) is 7.11 Å². The summed E-state index contributed by atoms with van der Waals surface area (Å²) >= 11 is 6.88. The van der Waals surface area contributed by atoms with E-state index in [0.717, 1.165) is 18.6 Å². The molecule has 1 saturated carbocycles. The van der Waals surface area contributed by atoms with Crippen molar-refractivity contribution in [3.63, 3.8) is 0 Å². The largest absolute Gasteiger partial charge is 0.399 e. The molecule has 0 aromatic heterocycles. The predicted octanol–water partition coefficient (Wildman–Crippen LogP) is 2.27. The first-order chi connectivity index (χ1) is 4.17. The minimum Gasteiger partial charge on any atom is -0.399 e. The van der Waals surface area contributed by atoms with Gasteiger partial charge in [-0.2, -0.15) is 0 Å². The van der Waals surface area contributed by atoms with Gasteiger partial charge in [0, 0.05) is 0 Å². The summed E-state index contributed by atoms with van der Waals surface area (Å²) in [7, 11) is 1.56. The summed E-state index contributed by atoms with van der Waals surface area (Å²) in [6.07, 6.45) is 2.10. The molecule has 2 nitrogen and oxygen atoms in total. The molecular weight excluding hydrogens is 250 g/mol. The molecule has 0 spiro atoms. The fourth-order valence-electron chi connectivity index (χ4n) is 0.648. The van der Waals surface area contributed by atoms with Crippen LogP contribution in [0.5, 0.6) is 0 Å². The molecule has 0 aromatic rings. The molecule has 4 heteroatoms. The smallest absolute Gasteiger partial charge is 0.122 e. The Hall–Kier alpha value is 0.430. The van der Waals surface area contributed by atoms with E-state index in [1.807, 2.05) is 0 Å². The SMILES string of the molecule is CON=C1CCC1(Br)Br. The molecular formula is C5H7Br2NO. The first kappa shape index (κ1) is 7.54. The average Bonchev–Trinajstić information content (AvgIpc) is 1.81. The van der Waals surface area contributed by atoms with Crippen LogP contribution in [-0.4, -0.2) is 16.1 Å². The second-order valence-corrected chi connectivity index (χ2v) is 5.70. The molecule has 0 unspecified atom stereocenters. The van der Waals surface area contributed by atoms with E-state index < -0.39 is 0 Å². The Morgan fingerprint density at radius 1 is 1.67 bits per heavy atom. The highest BCUT2D eigenvalue weighted by Crippen LogP contribution is 2.43. The fraction of sp³-hybridized carbons (Fsp3) is 0.800. The molecule has 9 heavy (non-hydrogen) atoms. The van der Waals surface area contributed by atoms with E-state index in [-0.39, 0.29) is 3.23 Å². The lowest BCUT2D eigenvalue weighted by atomic mass is 9.97. The van der Waals surface area contributed by atoms with Gasteiger partial charge in [0.05, 0.1) is 5.71 Å². The minimum absolute atomic E-state index is 0.0595. The summed E-state index contributed by atoms with van der Waals surface area (Å²) in [5.41, 5.74) is 1.03. The van der Waals surface area contributed by atoms with Gasteiger partial charge < -0.3 is 4.84 Å². The molecule has 1 fully saturated rings. The Morgan fingerprint density at radius 3 is 2.44 bits per heavy atom. The number of alkyl halides is 2. The molecule has 52 valence electrons. The molecule has 1 aliphatic carbocycles. The van der Waals surface area contributed by atoms with Crippen molar-refractivity contribution >= 4 is 37.6 Å². The lowest BCUT2D eigenvalue weighted by Gasteiger charge is -2.30. The highest BCUT2D eigenvalue weighted by Gasteiger charge is 2.39. The monoisotopic (exact) mass is 255 g/mol. The molecule has 0 aliphatic heterocycles. The maximum atomic E-state index is 4.61. The molecule has 1 aliphatic rings. The topological polar surface area (TPSA) is 21.6 Å². The third-order valence-electron chi connectivity index (χ3n) is 1.30. The van der Waals surface area contributed by atoms with Crippen molar-refractivity contribution < 1.29 is 4.84 Å². The lowest BCUT2D eigenvalue weighted by Crippen LogP contribution is -2.35. The zero-order chi connectivity index (χ0) is 6.91. The van der Waals surface area contributed by atoms with Crippen LogP contribution in [0.15, 0.2) is 5.16 Å². The summed E-state index contributed by atoms with van der Waals surface area (Å²) in [5, 5.41) is 3.81. The van der Waals surface area contributed by atoms with Gasteiger partial charge in [0.15, 0.2) is 0 Å². The molecule has 0 radical (unpaired) electrons. The van der Waals surface area contributed by atoms with Crippen molar-refractivity contribution in [1.82, 2.24) is 0 Å². The van der Waals surface area contributed by atoms with Crippen molar-refractivity contribution in [1.29, 1.82) is 0 Å². The Morgan fingerprint density at radius 2 is 2.33 bits per heavy atom. The zero-order valence-electron chi connectivity index (χ0n) is 5.03. The third kappa shape index (κ3) is 1.46. The van der Waals surface area contributed by atoms with Crippen molar-refractivity contribution in [2.24, 2.45) is 5.16 Å². The summed E-state index contributed by atoms with van der Waals surface area (Å²) in [6.45, 7) is 0. The first-order valence-electron chi connectivity index (χ1n) is 2.65. The molecule has 0 atom stereocenters. The maximum Gasteiger partial charge on any atom is 0.122 e. The number of nitrogens with zero attached hydrogens (tertiary/aromatic N) is 1. The number of hydrogen-bond donors (Lipinski definition) is 0. The second-order valence-electron chi connectivity index (χ2n) is 1.93. The van der Waals surface area contributed by atoms with Gasteiger partial charge in [-0.05, 0) is 12.8 Å². The quantitative estimate of drug-likeness (QED) is 0.521. The van der Waals surface area contributed by atoms with Crippen molar-refractivity contribution in [2.45, 2.75) is 16.1 Å². The van der Waals surface area contributed by atoms with Gasteiger partial charge in [0.25, 0.3) is 0 Å². The van der Waals surface area contributed by atoms with Crippen LogP contribution < -0.4 is 0 Å². The van der Waals surface area contributed by atoms with Gasteiger partial charge in [-0.15, -0.1) is 0 Å². The maximum absolute atomic E-state index is 4.61. The highest BCUT2D eigenvalue weighted by atomic mass is 79.9. The van der Waals surface area contributed by atoms with Gasteiger partial charge in [0.2, 0.25) is 0 Å². The van der Waals surface area contributed by atoms with Crippen LogP contribution in [0.25, 0.3) is 0 Å². The first-order valence-corrected chi connectivity index (χ1v) is 4.24. The Labute approximate surface area is 70.9 Å². The van der Waals surface area contributed by atoms with E-state index in [9.17, 15) is 0 Å². The predicted molar refractivity (Wildman–Crippen MR) is 44.3 cm³/mol. The fourth-order valence-corrected chi connectivity index (χ4v) is 1.59. The van der Waals surface area contributed by atoms with E-state index in [1.165, 1.54) is 0 Å². The van der Waals surface area contributed by atoms with Crippen LogP contribution in [0.1, 0.15) is 12.8 Å². The third-order valence-corrected chi connectivity index (χ3v) is 3.01. The Kier molecular flexibility index (Phi) is 2.16. The molecule has 0 amide bonds. The van der Waals surface area contributed by atoms with Crippen LogP contribution in [0.3, 0.4) is 0 Å². The molecule has 0 aromatic carbocycles. The molecule has 1 rings (SSSR count). The van der Waals surface area contributed by atoms with Gasteiger partial charge in [-0.1, -0.05) is 37.0 Å². The Balaban J connectivity index is 2.55. The molecule has 0 heterocycles. The highest BCUT2D eigenvalue weighted by molar-refractivity contribution is 9.26. The number of halogens is 2. The van der Waals surface area contributed by atoms with E-state index in [2.05, 4.69) is 41.9 Å². The lowest BCUT2D eigenvalue weighted by molar-refractivity contribution is 0.209. The normalized spacial score (nSPS) is 27.7. The van der Waals surface area contributed by atoms with E-state index in [0.29, 0.717) is 0 Å². The number of hydrogen-bond acceptors (Lipinski definition) is 2. The van der Waals surface area contributed by atoms with Gasteiger partial charge in [0.1, 0.15) is 10.3 Å². The Bertz CT molecular complexity index is 144. The van der Waals surface area contributed by atoms with Crippen molar-refractivity contribution in [3.05, 3.63) is 0 Å². The average molecular weight is 257 g/mol. The number of rotatable bonds is 1. The van der Waals surface area contributed by atoms with Gasteiger partial charge >= 0.3 is 0 Å². The molecule has 0 saturated heterocycles. The van der Waals surface area contributed by atoms with Crippen LogP contribution in [0.2, 0.25) is 0 Å². The van der Waals surface area contributed by atoms with E-state index >= 15 is 0 Å². The summed E-state index contributed by atoms with van der Waals surface area (Å²) in [6, 6.07) is 0. The second kappa shape index (κ2) is 2.58. The van der Waals surface area contributed by atoms with E-state index in [1.54, 1.807) is 7.11 Å². The number of oxime groups is 1. The van der Waals surface area contributed by atoms with Crippen LogP contribution in [0.4, 0.5) is 0 Å². The van der Waals surface area contributed by atoms with Crippen molar-refractivity contribution in [3.8, 4) is 0 Å². The standard InChI is InChI=1S/C5H7Br2NO/c1-9-8-4-2-3-5(4,6)7/h2-3H2,1H3.